The number of benzene rings is 2. The maximum Gasteiger partial charge on any atom is 0.255 e. The molecule has 2 fully saturated rings. The molecule has 1 unspecified atom stereocenters. The number of carbonyl (C=O) groups excluding carboxylic acids is 3. The average molecular weight is 449 g/mol. The standard InChI is InChI=1S/C26H32N4O3/c1-18(2)28-10-12-29(13-11-28)26(33)21-16-24(31)30(17-21)23-9-5-7-20(15-23)25(32)27-22-8-4-6-19(3)14-22/h4-9,14-15,18,21H,10-13,16-17H2,1-3H3,(H,27,32). The van der Waals surface area contributed by atoms with E-state index in [4.69, 9.17) is 0 Å². The lowest BCUT2D eigenvalue weighted by atomic mass is 10.1. The van der Waals surface area contributed by atoms with Crippen LogP contribution in [0.25, 0.3) is 0 Å². The van der Waals surface area contributed by atoms with Gasteiger partial charge in [-0.25, -0.2) is 0 Å². The van der Waals surface area contributed by atoms with Crippen LogP contribution in [0.3, 0.4) is 0 Å². The first-order chi connectivity index (χ1) is 15.8. The zero-order valence-corrected chi connectivity index (χ0v) is 19.6. The number of hydrogen-bond donors (Lipinski definition) is 1. The van der Waals surface area contributed by atoms with Crippen LogP contribution in [-0.2, 0) is 9.59 Å². The second-order valence-electron chi connectivity index (χ2n) is 9.23. The van der Waals surface area contributed by atoms with Gasteiger partial charge in [0.2, 0.25) is 11.8 Å². The monoisotopic (exact) mass is 448 g/mol. The number of rotatable bonds is 5. The third-order valence-corrected chi connectivity index (χ3v) is 6.53. The Morgan fingerprint density at radius 3 is 2.42 bits per heavy atom. The van der Waals surface area contributed by atoms with Crippen molar-refractivity contribution in [2.45, 2.75) is 33.2 Å². The minimum absolute atomic E-state index is 0.0580. The Morgan fingerprint density at radius 2 is 1.73 bits per heavy atom. The number of hydrogen-bond acceptors (Lipinski definition) is 4. The smallest absolute Gasteiger partial charge is 0.255 e. The van der Waals surface area contributed by atoms with Crippen LogP contribution in [-0.4, -0.2) is 66.3 Å². The Morgan fingerprint density at radius 1 is 1.00 bits per heavy atom. The molecular formula is C26H32N4O3. The Hall–Kier alpha value is -3.19. The fourth-order valence-electron chi connectivity index (χ4n) is 4.58. The molecule has 1 N–H and O–H groups in total. The van der Waals surface area contributed by atoms with Crippen LogP contribution < -0.4 is 10.2 Å². The van der Waals surface area contributed by atoms with Crippen molar-refractivity contribution in [3.63, 3.8) is 0 Å². The minimum atomic E-state index is -0.340. The normalized spacial score (nSPS) is 19.3. The van der Waals surface area contributed by atoms with Crippen molar-refractivity contribution in [2.75, 3.05) is 42.9 Å². The van der Waals surface area contributed by atoms with Crippen molar-refractivity contribution in [1.82, 2.24) is 9.80 Å². The van der Waals surface area contributed by atoms with E-state index in [1.54, 1.807) is 23.1 Å². The van der Waals surface area contributed by atoms with Gasteiger partial charge in [-0.2, -0.15) is 0 Å². The fraction of sp³-hybridized carbons (Fsp3) is 0.423. The van der Waals surface area contributed by atoms with Gasteiger partial charge in [-0.1, -0.05) is 18.2 Å². The summed E-state index contributed by atoms with van der Waals surface area (Å²) in [5.74, 6) is -0.592. The Bertz CT molecular complexity index is 1040. The van der Waals surface area contributed by atoms with Gasteiger partial charge >= 0.3 is 0 Å². The molecular weight excluding hydrogens is 416 g/mol. The van der Waals surface area contributed by atoms with Crippen molar-refractivity contribution in [1.29, 1.82) is 0 Å². The van der Waals surface area contributed by atoms with E-state index in [2.05, 4.69) is 24.1 Å². The SMILES string of the molecule is Cc1cccc(NC(=O)c2cccc(N3CC(C(=O)N4CCN(C(C)C)CC4)CC3=O)c2)c1. The van der Waals surface area contributed by atoms with Crippen molar-refractivity contribution >= 4 is 29.1 Å². The number of carbonyl (C=O) groups is 3. The van der Waals surface area contributed by atoms with Gasteiger partial charge in [-0.3, -0.25) is 19.3 Å². The van der Waals surface area contributed by atoms with Crippen LogP contribution in [0.2, 0.25) is 0 Å². The molecule has 0 bridgehead atoms. The molecule has 4 rings (SSSR count). The largest absolute Gasteiger partial charge is 0.340 e. The summed E-state index contributed by atoms with van der Waals surface area (Å²) in [6.45, 7) is 9.80. The highest BCUT2D eigenvalue weighted by Gasteiger charge is 2.38. The molecule has 2 aromatic rings. The predicted octanol–water partition coefficient (Wildman–Crippen LogP) is 3.15. The van der Waals surface area contributed by atoms with E-state index in [-0.39, 0.29) is 30.1 Å². The number of amides is 3. The number of nitrogens with one attached hydrogen (secondary N) is 1. The van der Waals surface area contributed by atoms with E-state index in [0.29, 0.717) is 36.9 Å². The third-order valence-electron chi connectivity index (χ3n) is 6.53. The van der Waals surface area contributed by atoms with Gasteiger partial charge < -0.3 is 15.1 Å². The summed E-state index contributed by atoms with van der Waals surface area (Å²) in [6, 6.07) is 15.1. The van der Waals surface area contributed by atoms with Gasteiger partial charge in [0, 0.05) is 62.1 Å². The van der Waals surface area contributed by atoms with Crippen molar-refractivity contribution < 1.29 is 14.4 Å². The lowest BCUT2D eigenvalue weighted by Gasteiger charge is -2.37. The molecule has 0 aliphatic carbocycles. The van der Waals surface area contributed by atoms with Gasteiger partial charge in [0.1, 0.15) is 0 Å². The Kier molecular flexibility index (Phi) is 6.79. The van der Waals surface area contributed by atoms with Crippen LogP contribution in [0.15, 0.2) is 48.5 Å². The van der Waals surface area contributed by atoms with Crippen molar-refractivity contribution in [2.24, 2.45) is 5.92 Å². The molecule has 0 saturated carbocycles. The van der Waals surface area contributed by atoms with Gasteiger partial charge in [-0.05, 0) is 56.7 Å². The summed E-state index contributed by atoms with van der Waals surface area (Å²) < 4.78 is 0. The molecule has 2 heterocycles. The summed E-state index contributed by atoms with van der Waals surface area (Å²) in [7, 11) is 0. The molecule has 7 nitrogen and oxygen atoms in total. The predicted molar refractivity (Wildman–Crippen MR) is 129 cm³/mol. The first-order valence-electron chi connectivity index (χ1n) is 11.6. The van der Waals surface area contributed by atoms with E-state index >= 15 is 0 Å². The van der Waals surface area contributed by atoms with Gasteiger partial charge in [0.05, 0.1) is 5.92 Å². The van der Waals surface area contributed by atoms with Gasteiger partial charge in [0.25, 0.3) is 5.91 Å². The summed E-state index contributed by atoms with van der Waals surface area (Å²) in [4.78, 5) is 44.5. The second-order valence-corrected chi connectivity index (χ2v) is 9.23. The molecule has 174 valence electrons. The average Bonchev–Trinajstić information content (AvgIpc) is 3.20. The molecule has 7 heteroatoms. The topological polar surface area (TPSA) is 73.0 Å². The molecule has 0 spiro atoms. The number of aryl methyl sites for hydroxylation is 1. The highest BCUT2D eigenvalue weighted by Crippen LogP contribution is 2.28. The van der Waals surface area contributed by atoms with Crippen molar-refractivity contribution in [3.8, 4) is 0 Å². The van der Waals surface area contributed by atoms with E-state index < -0.39 is 0 Å². The number of piperazine rings is 1. The Balaban J connectivity index is 1.41. The second kappa shape index (κ2) is 9.75. The number of nitrogens with zero attached hydrogens (tertiary/aromatic N) is 3. The van der Waals surface area contributed by atoms with Crippen LogP contribution in [0.1, 0.15) is 36.2 Å². The zero-order valence-electron chi connectivity index (χ0n) is 19.6. The first-order valence-corrected chi connectivity index (χ1v) is 11.6. The van der Waals surface area contributed by atoms with E-state index in [1.165, 1.54) is 0 Å². The molecule has 2 saturated heterocycles. The first kappa shape index (κ1) is 23.0. The molecule has 0 radical (unpaired) electrons. The summed E-state index contributed by atoms with van der Waals surface area (Å²) in [6.07, 6.45) is 0.211. The molecule has 3 amide bonds. The molecule has 33 heavy (non-hydrogen) atoms. The van der Waals surface area contributed by atoms with Crippen molar-refractivity contribution in [3.05, 3.63) is 59.7 Å². The molecule has 0 aromatic heterocycles. The van der Waals surface area contributed by atoms with Crippen LogP contribution in [0.4, 0.5) is 11.4 Å². The summed E-state index contributed by atoms with van der Waals surface area (Å²) in [5.41, 5.74) is 2.91. The highest BCUT2D eigenvalue weighted by atomic mass is 16.2. The molecule has 2 aliphatic rings. The molecule has 2 aromatic carbocycles. The third kappa shape index (κ3) is 5.25. The fourth-order valence-corrected chi connectivity index (χ4v) is 4.58. The van der Waals surface area contributed by atoms with E-state index in [0.717, 1.165) is 24.3 Å². The zero-order chi connectivity index (χ0) is 23.5. The Labute approximate surface area is 195 Å². The van der Waals surface area contributed by atoms with E-state index in [1.807, 2.05) is 42.2 Å². The lowest BCUT2D eigenvalue weighted by Crippen LogP contribution is -2.52. The van der Waals surface area contributed by atoms with E-state index in [9.17, 15) is 14.4 Å². The summed E-state index contributed by atoms with van der Waals surface area (Å²) in [5, 5.41) is 2.90. The van der Waals surface area contributed by atoms with Crippen LogP contribution >= 0.6 is 0 Å². The maximum absolute atomic E-state index is 13.1. The van der Waals surface area contributed by atoms with Gasteiger partial charge in [0.15, 0.2) is 0 Å². The molecule has 2 aliphatic heterocycles. The van der Waals surface area contributed by atoms with Gasteiger partial charge in [-0.15, -0.1) is 0 Å². The lowest BCUT2D eigenvalue weighted by molar-refractivity contribution is -0.137. The highest BCUT2D eigenvalue weighted by molar-refractivity contribution is 6.06. The minimum Gasteiger partial charge on any atom is -0.340 e. The molecule has 1 atom stereocenters. The van der Waals surface area contributed by atoms with Crippen LogP contribution in [0, 0.1) is 12.8 Å². The number of anilines is 2. The quantitative estimate of drug-likeness (QED) is 0.763. The summed E-state index contributed by atoms with van der Waals surface area (Å²) >= 11 is 0. The van der Waals surface area contributed by atoms with Crippen LogP contribution in [0.5, 0.6) is 0 Å². The maximum atomic E-state index is 13.1.